The molecule has 0 spiro atoms. The molecule has 1 heterocycles. The Labute approximate surface area is 79.0 Å². The van der Waals surface area contributed by atoms with E-state index in [-0.39, 0.29) is 6.04 Å². The molecule has 1 aromatic heterocycles. The van der Waals surface area contributed by atoms with Crippen LogP contribution in [-0.2, 0) is 5.54 Å². The fraction of sp³-hybridized carbons (Fsp3) is 0.700. The normalized spacial score (nSPS) is 22.4. The van der Waals surface area contributed by atoms with Gasteiger partial charge in [0.1, 0.15) is 0 Å². The molecule has 1 atom stereocenters. The Morgan fingerprint density at radius 2 is 2.31 bits per heavy atom. The minimum absolute atomic E-state index is 0.0833. The molecule has 0 amide bonds. The Balaban J connectivity index is 2.34. The Kier molecular flexibility index (Phi) is 1.91. The van der Waals surface area contributed by atoms with Gasteiger partial charge in [0.05, 0.1) is 12.0 Å². The zero-order valence-corrected chi connectivity index (χ0v) is 8.33. The van der Waals surface area contributed by atoms with E-state index in [9.17, 15) is 0 Å². The van der Waals surface area contributed by atoms with E-state index in [0.717, 1.165) is 5.69 Å². The summed E-state index contributed by atoms with van der Waals surface area (Å²) in [5.41, 5.74) is 7.32. The Morgan fingerprint density at radius 1 is 1.62 bits per heavy atom. The van der Waals surface area contributed by atoms with Gasteiger partial charge in [0.25, 0.3) is 0 Å². The van der Waals surface area contributed by atoms with E-state index >= 15 is 0 Å². The summed E-state index contributed by atoms with van der Waals surface area (Å²) in [6.45, 7) is 4.29. The van der Waals surface area contributed by atoms with Gasteiger partial charge in [-0.1, -0.05) is 0 Å². The molecular formula is C10H17N3. The maximum atomic E-state index is 5.87. The molecule has 0 radical (unpaired) electrons. The highest BCUT2D eigenvalue weighted by atomic mass is 15.1. The van der Waals surface area contributed by atoms with Gasteiger partial charge >= 0.3 is 0 Å². The van der Waals surface area contributed by atoms with Crippen molar-refractivity contribution in [2.24, 2.45) is 5.73 Å². The van der Waals surface area contributed by atoms with Crippen molar-refractivity contribution in [3.8, 4) is 0 Å². The van der Waals surface area contributed by atoms with Gasteiger partial charge in [-0.25, -0.2) is 4.98 Å². The SMILES string of the molecule is C[C@H](N)c1cncn1C1(C)CCC1. The van der Waals surface area contributed by atoms with Crippen molar-refractivity contribution < 1.29 is 0 Å². The number of aromatic nitrogens is 2. The Bertz CT molecular complexity index is 297. The molecule has 72 valence electrons. The van der Waals surface area contributed by atoms with E-state index in [1.54, 1.807) is 0 Å². The molecule has 3 nitrogen and oxygen atoms in total. The number of nitrogens with zero attached hydrogens (tertiary/aromatic N) is 2. The van der Waals surface area contributed by atoms with Crippen LogP contribution in [0.15, 0.2) is 12.5 Å². The van der Waals surface area contributed by atoms with E-state index in [0.29, 0.717) is 5.54 Å². The lowest BCUT2D eigenvalue weighted by atomic mass is 9.78. The van der Waals surface area contributed by atoms with Crippen molar-refractivity contribution in [2.75, 3.05) is 0 Å². The van der Waals surface area contributed by atoms with E-state index in [2.05, 4.69) is 16.5 Å². The standard InChI is InChI=1S/C10H17N3/c1-8(11)9-6-12-7-13(9)10(2)4-3-5-10/h6-8H,3-5,11H2,1-2H3/t8-/m0/s1. The maximum Gasteiger partial charge on any atom is 0.0953 e. The van der Waals surface area contributed by atoms with Crippen LogP contribution in [0.3, 0.4) is 0 Å². The average molecular weight is 179 g/mol. The summed E-state index contributed by atoms with van der Waals surface area (Å²) >= 11 is 0. The molecule has 3 heteroatoms. The van der Waals surface area contributed by atoms with Gasteiger partial charge in [0.15, 0.2) is 0 Å². The average Bonchev–Trinajstić information content (AvgIpc) is 2.47. The number of hydrogen-bond donors (Lipinski definition) is 1. The lowest BCUT2D eigenvalue weighted by Crippen LogP contribution is -2.38. The number of nitrogens with two attached hydrogens (primary N) is 1. The molecule has 2 N–H and O–H groups in total. The monoisotopic (exact) mass is 179 g/mol. The first-order valence-corrected chi connectivity index (χ1v) is 4.92. The minimum atomic E-state index is 0.0833. The summed E-state index contributed by atoms with van der Waals surface area (Å²) in [6, 6.07) is 0.0833. The van der Waals surface area contributed by atoms with E-state index in [4.69, 9.17) is 5.73 Å². The lowest BCUT2D eigenvalue weighted by Gasteiger charge is -2.41. The highest BCUT2D eigenvalue weighted by Crippen LogP contribution is 2.39. The summed E-state index contributed by atoms with van der Waals surface area (Å²) in [5, 5.41) is 0. The number of imidazole rings is 1. The van der Waals surface area contributed by atoms with Gasteiger partial charge in [-0.05, 0) is 33.1 Å². The highest BCUT2D eigenvalue weighted by molar-refractivity contribution is 5.09. The maximum absolute atomic E-state index is 5.87. The van der Waals surface area contributed by atoms with Crippen molar-refractivity contribution in [3.05, 3.63) is 18.2 Å². The third-order valence-corrected chi connectivity index (χ3v) is 3.15. The van der Waals surface area contributed by atoms with Crippen LogP contribution in [0.2, 0.25) is 0 Å². The lowest BCUT2D eigenvalue weighted by molar-refractivity contribution is 0.162. The van der Waals surface area contributed by atoms with Gasteiger partial charge in [-0.2, -0.15) is 0 Å². The van der Waals surface area contributed by atoms with Crippen LogP contribution in [0.4, 0.5) is 0 Å². The topological polar surface area (TPSA) is 43.8 Å². The molecule has 0 aromatic carbocycles. The van der Waals surface area contributed by atoms with Gasteiger partial charge in [-0.15, -0.1) is 0 Å². The predicted octanol–water partition coefficient (Wildman–Crippen LogP) is 1.80. The van der Waals surface area contributed by atoms with Gasteiger partial charge < -0.3 is 10.3 Å². The molecule has 1 aliphatic carbocycles. The van der Waals surface area contributed by atoms with Crippen molar-refractivity contribution >= 4 is 0 Å². The van der Waals surface area contributed by atoms with Crippen molar-refractivity contribution in [3.63, 3.8) is 0 Å². The minimum Gasteiger partial charge on any atom is -0.327 e. The van der Waals surface area contributed by atoms with Crippen LogP contribution in [-0.4, -0.2) is 9.55 Å². The second-order valence-corrected chi connectivity index (χ2v) is 4.33. The quantitative estimate of drug-likeness (QED) is 0.752. The highest BCUT2D eigenvalue weighted by Gasteiger charge is 2.35. The van der Waals surface area contributed by atoms with Crippen LogP contribution >= 0.6 is 0 Å². The summed E-state index contributed by atoms with van der Waals surface area (Å²) in [4.78, 5) is 4.17. The van der Waals surface area contributed by atoms with Crippen LogP contribution in [0.1, 0.15) is 44.8 Å². The number of rotatable bonds is 2. The summed E-state index contributed by atoms with van der Waals surface area (Å²) < 4.78 is 2.25. The molecule has 1 saturated carbocycles. The largest absolute Gasteiger partial charge is 0.327 e. The molecule has 13 heavy (non-hydrogen) atoms. The molecule has 1 aromatic rings. The molecule has 2 rings (SSSR count). The third-order valence-electron chi connectivity index (χ3n) is 3.15. The van der Waals surface area contributed by atoms with Crippen LogP contribution < -0.4 is 5.73 Å². The van der Waals surface area contributed by atoms with Crippen molar-refractivity contribution in [1.29, 1.82) is 0 Å². The molecule has 1 aliphatic rings. The second kappa shape index (κ2) is 2.84. The third kappa shape index (κ3) is 1.27. The molecule has 0 bridgehead atoms. The zero-order valence-electron chi connectivity index (χ0n) is 8.33. The van der Waals surface area contributed by atoms with Crippen molar-refractivity contribution in [1.82, 2.24) is 9.55 Å². The van der Waals surface area contributed by atoms with Gasteiger partial charge in [0.2, 0.25) is 0 Å². The first-order valence-electron chi connectivity index (χ1n) is 4.92. The molecular weight excluding hydrogens is 162 g/mol. The molecule has 0 unspecified atom stereocenters. The Hall–Kier alpha value is -0.830. The number of hydrogen-bond acceptors (Lipinski definition) is 2. The molecule has 0 saturated heterocycles. The summed E-state index contributed by atoms with van der Waals surface area (Å²) in [5.74, 6) is 0. The first kappa shape index (κ1) is 8.75. The first-order chi connectivity index (χ1) is 6.13. The van der Waals surface area contributed by atoms with E-state index in [1.807, 2.05) is 19.4 Å². The summed E-state index contributed by atoms with van der Waals surface area (Å²) in [6.07, 6.45) is 7.63. The van der Waals surface area contributed by atoms with Crippen LogP contribution in [0.25, 0.3) is 0 Å². The fourth-order valence-corrected chi connectivity index (χ4v) is 2.02. The smallest absolute Gasteiger partial charge is 0.0953 e. The van der Waals surface area contributed by atoms with Crippen LogP contribution in [0, 0.1) is 0 Å². The van der Waals surface area contributed by atoms with E-state index < -0.39 is 0 Å². The fourth-order valence-electron chi connectivity index (χ4n) is 2.02. The summed E-state index contributed by atoms with van der Waals surface area (Å²) in [7, 11) is 0. The van der Waals surface area contributed by atoms with E-state index in [1.165, 1.54) is 19.3 Å². The van der Waals surface area contributed by atoms with Crippen molar-refractivity contribution in [2.45, 2.75) is 44.7 Å². The molecule has 0 aliphatic heterocycles. The molecule has 1 fully saturated rings. The zero-order chi connectivity index (χ0) is 9.47. The Morgan fingerprint density at radius 3 is 2.77 bits per heavy atom. The van der Waals surface area contributed by atoms with Gasteiger partial charge in [-0.3, -0.25) is 0 Å². The second-order valence-electron chi connectivity index (χ2n) is 4.33. The predicted molar refractivity (Wildman–Crippen MR) is 52.3 cm³/mol. The van der Waals surface area contributed by atoms with Gasteiger partial charge in [0, 0.05) is 17.8 Å². The van der Waals surface area contributed by atoms with Crippen LogP contribution in [0.5, 0.6) is 0 Å².